The van der Waals surface area contributed by atoms with Crippen molar-refractivity contribution in [2.45, 2.75) is 135 Å². The number of nitrogens with zero attached hydrogens (tertiary/aromatic N) is 2. The van der Waals surface area contributed by atoms with Gasteiger partial charge in [-0.1, -0.05) is 83.1 Å². The first kappa shape index (κ1) is 51.6. The minimum atomic E-state index is 0.0797. The van der Waals surface area contributed by atoms with Gasteiger partial charge in [0.15, 0.2) is 0 Å². The Hall–Kier alpha value is -2.16. The molecule has 0 bridgehead atoms. The van der Waals surface area contributed by atoms with Crippen LogP contribution in [0.1, 0.15) is 135 Å². The van der Waals surface area contributed by atoms with Gasteiger partial charge in [-0.05, 0) is 45.3 Å². The van der Waals surface area contributed by atoms with E-state index in [1.54, 1.807) is 11.8 Å². The van der Waals surface area contributed by atoms with E-state index in [9.17, 15) is 19.2 Å². The number of carbonyl (C=O) groups is 4. The van der Waals surface area contributed by atoms with Crippen molar-refractivity contribution in [1.82, 2.24) is 25.8 Å². The summed E-state index contributed by atoms with van der Waals surface area (Å²) in [4.78, 5) is 48.3. The van der Waals surface area contributed by atoms with E-state index in [1.165, 1.54) is 0 Å². The largest absolute Gasteiger partial charge is 0.356 e. The van der Waals surface area contributed by atoms with Crippen molar-refractivity contribution in [2.24, 2.45) is 0 Å². The summed E-state index contributed by atoms with van der Waals surface area (Å²) in [7, 11) is 1.81. The van der Waals surface area contributed by atoms with E-state index >= 15 is 0 Å². The second-order valence-electron chi connectivity index (χ2n) is 7.95. The molecular formula is C32H73N5O4. The third-order valence-electron chi connectivity index (χ3n) is 4.98. The topological polar surface area (TPSA) is 111 Å². The average Bonchev–Trinajstić information content (AvgIpc) is 3.02. The smallest absolute Gasteiger partial charge is 0.219 e. The zero-order chi connectivity index (χ0) is 33.5. The molecule has 0 rings (SSSR count). The van der Waals surface area contributed by atoms with Gasteiger partial charge in [-0.25, -0.2) is 0 Å². The first-order valence-corrected chi connectivity index (χ1v) is 16.5. The highest BCUT2D eigenvalue weighted by Crippen LogP contribution is 1.97. The Morgan fingerprint density at radius 2 is 0.780 bits per heavy atom. The molecule has 41 heavy (non-hydrogen) atoms. The first-order valence-electron chi connectivity index (χ1n) is 16.5. The van der Waals surface area contributed by atoms with Crippen LogP contribution in [0.3, 0.4) is 0 Å². The highest BCUT2D eigenvalue weighted by Gasteiger charge is 2.06. The third kappa shape index (κ3) is 47.9. The summed E-state index contributed by atoms with van der Waals surface area (Å²) in [5.74, 6) is 0.384. The molecule has 0 aliphatic rings. The third-order valence-corrected chi connectivity index (χ3v) is 4.98. The van der Waals surface area contributed by atoms with Gasteiger partial charge in [-0.2, -0.15) is 0 Å². The van der Waals surface area contributed by atoms with Crippen LogP contribution in [0.15, 0.2) is 0 Å². The monoisotopic (exact) mass is 592 g/mol. The van der Waals surface area contributed by atoms with E-state index in [4.69, 9.17) is 0 Å². The Kier molecular flexibility index (Phi) is 59.9. The second-order valence-corrected chi connectivity index (χ2v) is 7.95. The molecular weight excluding hydrogens is 518 g/mol. The molecule has 0 aliphatic heterocycles. The van der Waals surface area contributed by atoms with E-state index in [2.05, 4.69) is 27.8 Å². The molecule has 0 radical (unpaired) electrons. The van der Waals surface area contributed by atoms with Crippen LogP contribution in [-0.4, -0.2) is 86.3 Å². The molecule has 0 aliphatic carbocycles. The molecule has 0 saturated carbocycles. The molecule has 0 heterocycles. The molecule has 250 valence electrons. The summed E-state index contributed by atoms with van der Waals surface area (Å²) < 4.78 is 0. The molecule has 9 heteroatoms. The molecule has 9 nitrogen and oxygen atoms in total. The number of hydrogen-bond donors (Lipinski definition) is 3. The van der Waals surface area contributed by atoms with Crippen LogP contribution in [0.4, 0.5) is 0 Å². The Labute approximate surface area is 256 Å². The summed E-state index contributed by atoms with van der Waals surface area (Å²) in [5.41, 5.74) is 0. The van der Waals surface area contributed by atoms with E-state index in [-0.39, 0.29) is 23.6 Å². The SMILES string of the molecule is CC.CC.CC.CC.CCC(=O)NCCCN(CCCNC(=O)CC)CCCNC(=O)CC.CCCN(C)C(C)=O. The Morgan fingerprint density at radius 1 is 0.512 bits per heavy atom. The highest BCUT2D eigenvalue weighted by molar-refractivity contribution is 5.76. The number of nitrogens with one attached hydrogen (secondary N) is 3. The van der Waals surface area contributed by atoms with Gasteiger partial charge in [-0.3, -0.25) is 19.2 Å². The predicted octanol–water partition coefficient (Wildman–Crippen LogP) is 6.02. The predicted molar refractivity (Wildman–Crippen MR) is 179 cm³/mol. The van der Waals surface area contributed by atoms with Crippen molar-refractivity contribution in [3.8, 4) is 0 Å². The maximum atomic E-state index is 11.3. The van der Waals surface area contributed by atoms with Gasteiger partial charge < -0.3 is 25.8 Å². The molecule has 0 unspecified atom stereocenters. The molecule has 4 amide bonds. The molecule has 0 spiro atoms. The van der Waals surface area contributed by atoms with Crippen LogP contribution in [0, 0.1) is 0 Å². The van der Waals surface area contributed by atoms with Gasteiger partial charge in [0.25, 0.3) is 0 Å². The van der Waals surface area contributed by atoms with Crippen molar-refractivity contribution in [3.05, 3.63) is 0 Å². The molecule has 0 fully saturated rings. The van der Waals surface area contributed by atoms with Crippen LogP contribution in [0.2, 0.25) is 0 Å². The van der Waals surface area contributed by atoms with Crippen LogP contribution < -0.4 is 16.0 Å². The highest BCUT2D eigenvalue weighted by atomic mass is 16.2. The fourth-order valence-corrected chi connectivity index (χ4v) is 2.79. The molecule has 0 aromatic rings. The number of amides is 4. The fourth-order valence-electron chi connectivity index (χ4n) is 2.79. The molecule has 0 aromatic carbocycles. The molecule has 0 aromatic heterocycles. The van der Waals surface area contributed by atoms with E-state index in [0.717, 1.165) is 51.9 Å². The van der Waals surface area contributed by atoms with Crippen molar-refractivity contribution in [1.29, 1.82) is 0 Å². The van der Waals surface area contributed by atoms with Crippen LogP contribution in [-0.2, 0) is 19.2 Å². The average molecular weight is 592 g/mol. The Morgan fingerprint density at radius 3 is 0.951 bits per heavy atom. The molecule has 0 saturated heterocycles. The summed E-state index contributed by atoms with van der Waals surface area (Å²) in [6.07, 6.45) is 5.26. The van der Waals surface area contributed by atoms with Gasteiger partial charge in [0, 0.05) is 59.4 Å². The number of hydrogen-bond acceptors (Lipinski definition) is 5. The minimum Gasteiger partial charge on any atom is -0.356 e. The van der Waals surface area contributed by atoms with Crippen LogP contribution in [0.25, 0.3) is 0 Å². The summed E-state index contributed by atoms with van der Waals surface area (Å²) in [5, 5.41) is 8.66. The second kappa shape index (κ2) is 47.6. The first-order chi connectivity index (χ1) is 19.7. The maximum absolute atomic E-state index is 11.3. The number of rotatable bonds is 17. The Balaban J connectivity index is -0.000000159. The molecule has 3 N–H and O–H groups in total. The van der Waals surface area contributed by atoms with E-state index in [0.29, 0.717) is 38.9 Å². The van der Waals surface area contributed by atoms with Crippen molar-refractivity contribution < 1.29 is 19.2 Å². The van der Waals surface area contributed by atoms with Crippen molar-refractivity contribution in [3.63, 3.8) is 0 Å². The van der Waals surface area contributed by atoms with Gasteiger partial charge >= 0.3 is 0 Å². The lowest BCUT2D eigenvalue weighted by atomic mass is 10.2. The lowest BCUT2D eigenvalue weighted by molar-refractivity contribution is -0.127. The summed E-state index contributed by atoms with van der Waals surface area (Å²) in [6, 6.07) is 0. The van der Waals surface area contributed by atoms with E-state index < -0.39 is 0 Å². The molecule has 0 atom stereocenters. The normalized spacial score (nSPS) is 8.76. The van der Waals surface area contributed by atoms with Gasteiger partial charge in [0.05, 0.1) is 0 Å². The van der Waals surface area contributed by atoms with Gasteiger partial charge in [0.2, 0.25) is 23.6 Å². The van der Waals surface area contributed by atoms with Crippen molar-refractivity contribution >= 4 is 23.6 Å². The maximum Gasteiger partial charge on any atom is 0.219 e. The standard InChI is InChI=1S/C18H36N4O3.C6H13NO.4C2H6/c1-4-16(23)19-10-7-13-22(14-8-11-20-17(24)5-2)15-9-12-21-18(25)6-3;1-4-5-7(3)6(2)8;4*1-2/h4-15H2,1-3H3,(H,19,23)(H,20,24)(H,21,25);4-5H2,1-3H3;4*1-2H3. The van der Waals surface area contributed by atoms with Crippen LogP contribution in [0.5, 0.6) is 0 Å². The fraction of sp³-hybridized carbons (Fsp3) is 0.875. The quantitative estimate of drug-likeness (QED) is 0.179. The minimum absolute atomic E-state index is 0.0797. The van der Waals surface area contributed by atoms with Gasteiger partial charge in [-0.15, -0.1) is 0 Å². The zero-order valence-corrected chi connectivity index (χ0v) is 29.9. The summed E-state index contributed by atoms with van der Waals surface area (Å²) in [6.45, 7) is 30.8. The Bertz CT molecular complexity index is 489. The van der Waals surface area contributed by atoms with Crippen LogP contribution >= 0.6 is 0 Å². The van der Waals surface area contributed by atoms with E-state index in [1.807, 2.05) is 83.2 Å². The number of carbonyl (C=O) groups excluding carboxylic acids is 4. The van der Waals surface area contributed by atoms with Gasteiger partial charge in [0.1, 0.15) is 0 Å². The zero-order valence-electron chi connectivity index (χ0n) is 29.9. The lowest BCUT2D eigenvalue weighted by Crippen LogP contribution is -2.34. The van der Waals surface area contributed by atoms with Crippen molar-refractivity contribution in [2.75, 3.05) is 52.9 Å². The summed E-state index contributed by atoms with van der Waals surface area (Å²) >= 11 is 0. The lowest BCUT2D eigenvalue weighted by Gasteiger charge is -2.22.